The summed E-state index contributed by atoms with van der Waals surface area (Å²) in [5.74, 6) is -0.119. The van der Waals surface area contributed by atoms with Crippen molar-refractivity contribution < 1.29 is 23.1 Å². The first-order valence-corrected chi connectivity index (χ1v) is 10.0. The second-order valence-electron chi connectivity index (χ2n) is 6.78. The minimum atomic E-state index is -3.74. The predicted molar refractivity (Wildman–Crippen MR) is 96.9 cm³/mol. The van der Waals surface area contributed by atoms with E-state index in [-0.39, 0.29) is 21.7 Å². The van der Waals surface area contributed by atoms with Gasteiger partial charge in [-0.25, -0.2) is 8.42 Å². The number of carbonyl (C=O) groups is 1. The number of ketones is 1. The van der Waals surface area contributed by atoms with Crippen LogP contribution >= 0.6 is 0 Å². The zero-order valence-electron chi connectivity index (χ0n) is 14.8. The summed E-state index contributed by atoms with van der Waals surface area (Å²) < 4.78 is 31.3. The second kappa shape index (κ2) is 6.95. The van der Waals surface area contributed by atoms with E-state index in [0.29, 0.717) is 30.6 Å². The Kier molecular flexibility index (Phi) is 5.01. The number of benzene rings is 2. The molecule has 1 saturated heterocycles. The summed E-state index contributed by atoms with van der Waals surface area (Å²) in [7, 11) is -3.74. The third kappa shape index (κ3) is 3.58. The summed E-state index contributed by atoms with van der Waals surface area (Å²) >= 11 is 0. The van der Waals surface area contributed by atoms with E-state index in [4.69, 9.17) is 4.74 Å². The molecule has 2 aromatic carbocycles. The molecule has 6 heteroatoms. The van der Waals surface area contributed by atoms with Gasteiger partial charge in [-0.05, 0) is 43.7 Å². The van der Waals surface area contributed by atoms with Crippen molar-refractivity contribution >= 4 is 15.6 Å². The Morgan fingerprint density at radius 3 is 2.46 bits per heavy atom. The maximum Gasteiger partial charge on any atom is 0.206 e. The van der Waals surface area contributed by atoms with Gasteiger partial charge in [0.15, 0.2) is 5.78 Å². The normalized spacial score (nSPS) is 23.6. The van der Waals surface area contributed by atoms with Gasteiger partial charge in [-0.15, -0.1) is 0 Å². The largest absolute Gasteiger partial charge is 0.385 e. The summed E-state index contributed by atoms with van der Waals surface area (Å²) in [4.78, 5) is 11.6. The van der Waals surface area contributed by atoms with Gasteiger partial charge in [0.05, 0.1) is 28.1 Å². The van der Waals surface area contributed by atoms with E-state index in [0.717, 1.165) is 0 Å². The van der Waals surface area contributed by atoms with Gasteiger partial charge in [-0.3, -0.25) is 4.79 Å². The predicted octanol–water partition coefficient (Wildman–Crippen LogP) is 3.11. The average Bonchev–Trinajstić information content (AvgIpc) is 2.62. The average molecular weight is 374 g/mol. The molecule has 0 aliphatic carbocycles. The third-order valence-corrected chi connectivity index (χ3v) is 6.56. The van der Waals surface area contributed by atoms with Crippen molar-refractivity contribution in [2.75, 3.05) is 6.61 Å². The minimum absolute atomic E-state index is 0.0897. The van der Waals surface area contributed by atoms with Crippen LogP contribution < -0.4 is 0 Å². The molecule has 1 heterocycles. The standard InChI is InChI=1S/C20H22O5S/c1-14-13-20(22,10-11-25-14)17-4-3-5-19(12-17)26(23,24)18-8-6-16(7-9-18)15(2)21/h3-9,12,14,22H,10-11,13H2,1-2H3. The lowest BCUT2D eigenvalue weighted by Crippen LogP contribution is -2.37. The van der Waals surface area contributed by atoms with E-state index in [2.05, 4.69) is 0 Å². The Hall–Kier alpha value is -2.02. The fourth-order valence-corrected chi connectivity index (χ4v) is 4.59. The Morgan fingerprint density at radius 1 is 1.15 bits per heavy atom. The highest BCUT2D eigenvalue weighted by Gasteiger charge is 2.35. The topological polar surface area (TPSA) is 80.7 Å². The molecule has 5 nitrogen and oxygen atoms in total. The van der Waals surface area contributed by atoms with Crippen molar-refractivity contribution in [2.45, 2.75) is 48.2 Å². The number of carbonyl (C=O) groups excluding carboxylic acids is 1. The minimum Gasteiger partial charge on any atom is -0.385 e. The first-order chi connectivity index (χ1) is 12.2. The van der Waals surface area contributed by atoms with Crippen molar-refractivity contribution in [3.05, 3.63) is 59.7 Å². The van der Waals surface area contributed by atoms with Gasteiger partial charge < -0.3 is 9.84 Å². The molecule has 2 aromatic rings. The number of Topliss-reactive ketones (excluding diaryl/α,β-unsaturated/α-hetero) is 1. The quantitative estimate of drug-likeness (QED) is 0.832. The molecule has 0 amide bonds. The number of aliphatic hydroxyl groups is 1. The van der Waals surface area contributed by atoms with Gasteiger partial charge in [-0.2, -0.15) is 0 Å². The van der Waals surface area contributed by atoms with Gasteiger partial charge >= 0.3 is 0 Å². The number of hydrogen-bond donors (Lipinski definition) is 1. The molecular formula is C20H22O5S. The lowest BCUT2D eigenvalue weighted by molar-refractivity contribution is -0.101. The summed E-state index contributed by atoms with van der Waals surface area (Å²) in [5, 5.41) is 11.0. The van der Waals surface area contributed by atoms with Crippen LogP contribution in [0.2, 0.25) is 0 Å². The van der Waals surface area contributed by atoms with E-state index in [1.54, 1.807) is 12.1 Å². The molecule has 0 spiro atoms. The smallest absolute Gasteiger partial charge is 0.206 e. The first kappa shape index (κ1) is 18.8. The van der Waals surface area contributed by atoms with Crippen molar-refractivity contribution in [3.63, 3.8) is 0 Å². The summed E-state index contributed by atoms with van der Waals surface area (Å²) in [6, 6.07) is 12.3. The van der Waals surface area contributed by atoms with Crippen LogP contribution in [0, 0.1) is 0 Å². The zero-order chi connectivity index (χ0) is 18.9. The molecule has 1 N–H and O–H groups in total. The SMILES string of the molecule is CC(=O)c1ccc(S(=O)(=O)c2cccc(C3(O)CCOC(C)C3)c2)cc1. The molecule has 0 bridgehead atoms. The Balaban J connectivity index is 1.97. The molecule has 2 unspecified atom stereocenters. The Labute approximate surface area is 153 Å². The molecule has 1 fully saturated rings. The monoisotopic (exact) mass is 374 g/mol. The summed E-state index contributed by atoms with van der Waals surface area (Å²) in [6.45, 7) is 3.75. The lowest BCUT2D eigenvalue weighted by Gasteiger charge is -2.36. The fourth-order valence-electron chi connectivity index (χ4n) is 3.29. The van der Waals surface area contributed by atoms with Gasteiger partial charge in [-0.1, -0.05) is 24.3 Å². The third-order valence-electron chi connectivity index (χ3n) is 4.80. The van der Waals surface area contributed by atoms with Crippen LogP contribution in [0.15, 0.2) is 58.3 Å². The van der Waals surface area contributed by atoms with Gasteiger partial charge in [0.2, 0.25) is 9.84 Å². The van der Waals surface area contributed by atoms with Crippen molar-refractivity contribution in [2.24, 2.45) is 0 Å². The van der Waals surface area contributed by atoms with Gasteiger partial charge in [0.25, 0.3) is 0 Å². The van der Waals surface area contributed by atoms with Crippen LogP contribution in [-0.2, 0) is 20.2 Å². The highest BCUT2D eigenvalue weighted by Crippen LogP contribution is 2.36. The van der Waals surface area contributed by atoms with Crippen molar-refractivity contribution in [1.29, 1.82) is 0 Å². The molecule has 26 heavy (non-hydrogen) atoms. The second-order valence-corrected chi connectivity index (χ2v) is 8.73. The molecular weight excluding hydrogens is 352 g/mol. The van der Waals surface area contributed by atoms with Crippen LogP contribution in [0.3, 0.4) is 0 Å². The maximum absolute atomic E-state index is 12.9. The van der Waals surface area contributed by atoms with E-state index in [1.807, 2.05) is 6.92 Å². The Bertz CT molecular complexity index is 917. The maximum atomic E-state index is 12.9. The van der Waals surface area contributed by atoms with E-state index >= 15 is 0 Å². The van der Waals surface area contributed by atoms with Crippen LogP contribution in [-0.4, -0.2) is 32.0 Å². The van der Waals surface area contributed by atoms with E-state index in [9.17, 15) is 18.3 Å². The number of ether oxygens (including phenoxy) is 1. The summed E-state index contributed by atoms with van der Waals surface area (Å²) in [5.41, 5.74) is -0.0564. The zero-order valence-corrected chi connectivity index (χ0v) is 15.6. The molecule has 1 aliphatic rings. The van der Waals surface area contributed by atoms with E-state index < -0.39 is 15.4 Å². The highest BCUT2D eigenvalue weighted by atomic mass is 32.2. The van der Waals surface area contributed by atoms with Crippen LogP contribution in [0.4, 0.5) is 0 Å². The molecule has 138 valence electrons. The molecule has 3 rings (SSSR count). The van der Waals surface area contributed by atoms with E-state index in [1.165, 1.54) is 43.3 Å². The lowest BCUT2D eigenvalue weighted by atomic mass is 9.84. The summed E-state index contributed by atoms with van der Waals surface area (Å²) in [6.07, 6.45) is 0.756. The van der Waals surface area contributed by atoms with Crippen LogP contribution in [0.5, 0.6) is 0 Å². The number of sulfone groups is 1. The van der Waals surface area contributed by atoms with Gasteiger partial charge in [0.1, 0.15) is 0 Å². The van der Waals surface area contributed by atoms with Crippen molar-refractivity contribution in [1.82, 2.24) is 0 Å². The van der Waals surface area contributed by atoms with Crippen LogP contribution in [0.25, 0.3) is 0 Å². The molecule has 0 saturated carbocycles. The highest BCUT2D eigenvalue weighted by molar-refractivity contribution is 7.91. The molecule has 0 aromatic heterocycles. The van der Waals surface area contributed by atoms with Gasteiger partial charge in [0, 0.05) is 18.4 Å². The van der Waals surface area contributed by atoms with Crippen LogP contribution in [0.1, 0.15) is 42.6 Å². The first-order valence-electron chi connectivity index (χ1n) is 8.53. The Morgan fingerprint density at radius 2 is 1.85 bits per heavy atom. The van der Waals surface area contributed by atoms with Crippen molar-refractivity contribution in [3.8, 4) is 0 Å². The number of hydrogen-bond acceptors (Lipinski definition) is 5. The molecule has 2 atom stereocenters. The molecule has 1 aliphatic heterocycles. The fraction of sp³-hybridized carbons (Fsp3) is 0.350. The molecule has 0 radical (unpaired) electrons. The number of rotatable bonds is 4.